The molecule has 1 aromatic carbocycles. The first-order valence-corrected chi connectivity index (χ1v) is 9.04. The maximum absolute atomic E-state index is 11.5. The van der Waals surface area contributed by atoms with Gasteiger partial charge in [0.15, 0.2) is 0 Å². The fraction of sp³-hybridized carbons (Fsp3) is 0.389. The first-order chi connectivity index (χ1) is 12.4. The van der Waals surface area contributed by atoms with Crippen molar-refractivity contribution in [3.8, 4) is 5.75 Å². The van der Waals surface area contributed by atoms with Crippen LogP contribution in [0.3, 0.4) is 0 Å². The molecule has 26 heavy (non-hydrogen) atoms. The topological polar surface area (TPSA) is 92.5 Å². The molecule has 2 aromatic rings. The van der Waals surface area contributed by atoms with E-state index in [1.165, 1.54) is 0 Å². The molecule has 4 N–H and O–H groups in total. The summed E-state index contributed by atoms with van der Waals surface area (Å²) in [4.78, 5) is 18.6. The first kappa shape index (κ1) is 16.8. The Balaban J connectivity index is 1.76. The highest BCUT2D eigenvalue weighted by atomic mass is 32.1. The average Bonchev–Trinajstić information content (AvgIpc) is 3.10. The van der Waals surface area contributed by atoms with Gasteiger partial charge in [0.25, 0.3) is 0 Å². The highest BCUT2D eigenvalue weighted by Crippen LogP contribution is 2.33. The molecule has 2 aliphatic rings. The Morgan fingerprint density at radius 3 is 2.65 bits per heavy atom. The number of nitrogens with two attached hydrogens (primary N) is 1. The molecule has 0 radical (unpaired) electrons. The van der Waals surface area contributed by atoms with Gasteiger partial charge in [-0.25, -0.2) is 9.78 Å². The molecule has 2 saturated heterocycles. The van der Waals surface area contributed by atoms with Crippen molar-refractivity contribution in [2.24, 2.45) is 5.73 Å². The fourth-order valence-electron chi connectivity index (χ4n) is 3.63. The molecular weight excluding hydrogens is 350 g/mol. The zero-order valence-corrected chi connectivity index (χ0v) is 15.5. The van der Waals surface area contributed by atoms with Gasteiger partial charge in [-0.2, -0.15) is 0 Å². The van der Waals surface area contributed by atoms with Gasteiger partial charge in [-0.1, -0.05) is 12.2 Å². The highest BCUT2D eigenvalue weighted by Gasteiger charge is 2.40. The first-order valence-electron chi connectivity index (χ1n) is 8.63. The lowest BCUT2D eigenvalue weighted by molar-refractivity contribution is 0.242. The summed E-state index contributed by atoms with van der Waals surface area (Å²) in [7, 11) is 0. The molecule has 4 rings (SSSR count). The number of nitrogens with one attached hydrogen (secondary N) is 2. The maximum atomic E-state index is 11.5. The normalized spacial score (nSPS) is 21.7. The Kier molecular flexibility index (Phi) is 4.07. The van der Waals surface area contributed by atoms with Gasteiger partial charge < -0.3 is 26.0 Å². The van der Waals surface area contributed by atoms with E-state index >= 15 is 0 Å². The second kappa shape index (κ2) is 6.28. The SMILES string of the molecule is CC(C)Oc1cc2c(N3C[C@@H]4NC(=O)N[C@@H]4C3)nccc2cc1C(N)=S. The number of nitrogens with zero attached hydrogens (tertiary/aromatic N) is 2. The van der Waals surface area contributed by atoms with Crippen LogP contribution in [0.5, 0.6) is 5.75 Å². The molecular formula is C18H21N5O2S. The van der Waals surface area contributed by atoms with Gasteiger partial charge >= 0.3 is 6.03 Å². The van der Waals surface area contributed by atoms with Gasteiger partial charge in [0.2, 0.25) is 0 Å². The number of pyridine rings is 1. The Labute approximate surface area is 156 Å². The van der Waals surface area contributed by atoms with Crippen molar-refractivity contribution in [3.63, 3.8) is 0 Å². The van der Waals surface area contributed by atoms with Crippen LogP contribution >= 0.6 is 12.2 Å². The number of aromatic nitrogens is 1. The quantitative estimate of drug-likeness (QED) is 0.706. The molecule has 7 nitrogen and oxygen atoms in total. The molecule has 0 bridgehead atoms. The number of amides is 2. The Morgan fingerprint density at radius 1 is 1.35 bits per heavy atom. The Bertz CT molecular complexity index is 885. The molecule has 0 saturated carbocycles. The lowest BCUT2D eigenvalue weighted by atomic mass is 10.1. The van der Waals surface area contributed by atoms with E-state index in [0.717, 1.165) is 22.2 Å². The van der Waals surface area contributed by atoms with Crippen molar-refractivity contribution < 1.29 is 9.53 Å². The zero-order valence-electron chi connectivity index (χ0n) is 14.7. The third kappa shape index (κ3) is 2.90. The number of carbonyl (C=O) groups excluding carboxylic acids is 1. The van der Waals surface area contributed by atoms with E-state index in [4.69, 9.17) is 22.7 Å². The van der Waals surface area contributed by atoms with Crippen molar-refractivity contribution in [3.05, 3.63) is 30.0 Å². The third-order valence-corrected chi connectivity index (χ3v) is 4.94. The number of fused-ring (bicyclic) bond motifs is 2. The van der Waals surface area contributed by atoms with Gasteiger partial charge in [0.05, 0.1) is 23.8 Å². The number of hydrogen-bond donors (Lipinski definition) is 3. The number of thiocarbonyl (C=S) groups is 1. The molecule has 0 unspecified atom stereocenters. The van der Waals surface area contributed by atoms with Crippen molar-refractivity contribution in [2.45, 2.75) is 32.0 Å². The number of hydrogen-bond acceptors (Lipinski definition) is 5. The lowest BCUT2D eigenvalue weighted by Gasteiger charge is -2.21. The van der Waals surface area contributed by atoms with Crippen molar-refractivity contribution in [2.75, 3.05) is 18.0 Å². The van der Waals surface area contributed by atoms with Crippen LogP contribution in [0.25, 0.3) is 10.8 Å². The van der Waals surface area contributed by atoms with Gasteiger partial charge in [-0.05, 0) is 37.4 Å². The molecule has 2 atom stereocenters. The number of benzene rings is 1. The summed E-state index contributed by atoms with van der Waals surface area (Å²) in [5.74, 6) is 1.54. The predicted octanol–water partition coefficient (Wildman–Crippen LogP) is 1.53. The summed E-state index contributed by atoms with van der Waals surface area (Å²) in [5.41, 5.74) is 6.62. The van der Waals surface area contributed by atoms with Crippen LogP contribution in [0.2, 0.25) is 0 Å². The molecule has 136 valence electrons. The van der Waals surface area contributed by atoms with E-state index in [-0.39, 0.29) is 24.2 Å². The fourth-order valence-corrected chi connectivity index (χ4v) is 3.79. The second-order valence-corrected chi connectivity index (χ2v) is 7.41. The summed E-state index contributed by atoms with van der Waals surface area (Å²) in [6, 6.07) is 5.96. The van der Waals surface area contributed by atoms with Crippen molar-refractivity contribution in [1.82, 2.24) is 15.6 Å². The lowest BCUT2D eigenvalue weighted by Crippen LogP contribution is -2.34. The largest absolute Gasteiger partial charge is 0.490 e. The minimum atomic E-state index is -0.0979. The van der Waals surface area contributed by atoms with E-state index in [2.05, 4.69) is 20.5 Å². The summed E-state index contributed by atoms with van der Waals surface area (Å²) in [6.07, 6.45) is 1.79. The second-order valence-electron chi connectivity index (χ2n) is 6.97. The monoisotopic (exact) mass is 371 g/mol. The maximum Gasteiger partial charge on any atom is 0.315 e. The van der Waals surface area contributed by atoms with Crippen LogP contribution in [0.15, 0.2) is 24.4 Å². The predicted molar refractivity (Wildman–Crippen MR) is 105 cm³/mol. The highest BCUT2D eigenvalue weighted by molar-refractivity contribution is 7.80. The van der Waals surface area contributed by atoms with E-state index in [9.17, 15) is 4.79 Å². The Morgan fingerprint density at radius 2 is 2.04 bits per heavy atom. The minimum absolute atomic E-state index is 0.00577. The Hall–Kier alpha value is -2.61. The van der Waals surface area contributed by atoms with Crippen molar-refractivity contribution >= 4 is 39.8 Å². The summed E-state index contributed by atoms with van der Waals surface area (Å²) in [6.45, 7) is 5.36. The van der Waals surface area contributed by atoms with E-state index in [1.807, 2.05) is 32.0 Å². The molecule has 2 aliphatic heterocycles. The molecule has 3 heterocycles. The molecule has 2 amide bonds. The van der Waals surface area contributed by atoms with Crippen LogP contribution in [0, 0.1) is 0 Å². The molecule has 0 spiro atoms. The van der Waals surface area contributed by atoms with E-state index < -0.39 is 0 Å². The van der Waals surface area contributed by atoms with Gasteiger partial charge in [-0.15, -0.1) is 0 Å². The van der Waals surface area contributed by atoms with Crippen molar-refractivity contribution in [1.29, 1.82) is 0 Å². The van der Waals surface area contributed by atoms with Gasteiger partial charge in [0, 0.05) is 24.7 Å². The molecule has 8 heteroatoms. The van der Waals surface area contributed by atoms with E-state index in [1.54, 1.807) is 6.20 Å². The standard InChI is InChI=1S/C18H21N5O2S/c1-9(2)25-15-6-11-10(5-12(15)16(19)26)3-4-20-17(11)23-7-13-14(8-23)22-18(24)21-13/h3-6,9,13-14H,7-8H2,1-2H3,(H2,19,26)(H2,21,22,24)/t13-,14+. The van der Waals surface area contributed by atoms with Gasteiger partial charge in [0.1, 0.15) is 16.6 Å². The summed E-state index contributed by atoms with van der Waals surface area (Å²) in [5, 5.41) is 7.88. The number of carbonyl (C=O) groups is 1. The number of urea groups is 1. The van der Waals surface area contributed by atoms with Crippen LogP contribution in [-0.2, 0) is 0 Å². The molecule has 2 fully saturated rings. The van der Waals surface area contributed by atoms with Crippen LogP contribution in [0.4, 0.5) is 10.6 Å². The third-order valence-electron chi connectivity index (χ3n) is 4.72. The van der Waals surface area contributed by atoms with Crippen LogP contribution < -0.4 is 26.0 Å². The summed E-state index contributed by atoms with van der Waals surface area (Å²) < 4.78 is 5.94. The number of rotatable bonds is 4. The minimum Gasteiger partial charge on any atom is -0.490 e. The number of anilines is 1. The van der Waals surface area contributed by atoms with Crippen LogP contribution in [0.1, 0.15) is 19.4 Å². The van der Waals surface area contributed by atoms with Gasteiger partial charge in [-0.3, -0.25) is 0 Å². The smallest absolute Gasteiger partial charge is 0.315 e. The molecule has 0 aliphatic carbocycles. The summed E-state index contributed by atoms with van der Waals surface area (Å²) >= 11 is 5.19. The average molecular weight is 371 g/mol. The molecule has 1 aromatic heterocycles. The van der Waals surface area contributed by atoms with Crippen LogP contribution in [-0.4, -0.2) is 47.3 Å². The number of ether oxygens (including phenoxy) is 1. The zero-order chi connectivity index (χ0) is 18.4. The van der Waals surface area contributed by atoms with E-state index in [0.29, 0.717) is 23.8 Å².